The molecule has 8 heteroatoms. The first-order chi connectivity index (χ1) is 15.8. The second-order valence-electron chi connectivity index (χ2n) is 7.67. The van der Waals surface area contributed by atoms with E-state index in [9.17, 15) is 14.4 Å². The molecular weight excluding hydrogens is 424 g/mol. The second-order valence-corrected chi connectivity index (χ2v) is 7.67. The molecule has 2 aromatic carbocycles. The predicted octanol–water partition coefficient (Wildman–Crippen LogP) is 2.64. The van der Waals surface area contributed by atoms with E-state index >= 15 is 0 Å². The normalized spacial score (nSPS) is 12.8. The zero-order valence-electron chi connectivity index (χ0n) is 18.8. The number of rotatable bonds is 13. The van der Waals surface area contributed by atoms with Gasteiger partial charge in [0, 0.05) is 35.9 Å². The largest absolute Gasteiger partial charge is 0.489 e. The molecule has 2 unspecified atom stereocenters. The van der Waals surface area contributed by atoms with Gasteiger partial charge in [-0.15, -0.1) is 0 Å². The number of primary amides is 1. The van der Waals surface area contributed by atoms with Gasteiger partial charge >= 0.3 is 11.9 Å². The first kappa shape index (κ1) is 25.6. The molecule has 0 aromatic heterocycles. The number of carboxylic acid groups (broad SMARTS) is 1. The van der Waals surface area contributed by atoms with Crippen LogP contribution in [0.2, 0.25) is 0 Å². The molecule has 0 fully saturated rings. The minimum Gasteiger partial charge on any atom is -0.489 e. The number of carbonyl (C=O) groups is 3. The average Bonchev–Trinajstić information content (AvgIpc) is 2.79. The van der Waals surface area contributed by atoms with Crippen molar-refractivity contribution in [2.45, 2.75) is 38.8 Å². The van der Waals surface area contributed by atoms with Crippen LogP contribution in [0.4, 0.5) is 0 Å². The molecule has 0 spiro atoms. The van der Waals surface area contributed by atoms with Crippen LogP contribution in [0.15, 0.2) is 60.7 Å². The molecule has 8 nitrogen and oxygen atoms in total. The topological polar surface area (TPSA) is 128 Å². The Morgan fingerprint density at radius 2 is 1.82 bits per heavy atom. The van der Waals surface area contributed by atoms with E-state index in [0.717, 1.165) is 25.0 Å². The van der Waals surface area contributed by atoms with Gasteiger partial charge in [-0.1, -0.05) is 36.4 Å². The molecule has 0 aliphatic carbocycles. The van der Waals surface area contributed by atoms with Crippen molar-refractivity contribution in [1.82, 2.24) is 5.32 Å². The summed E-state index contributed by atoms with van der Waals surface area (Å²) in [4.78, 5) is 34.2. The van der Waals surface area contributed by atoms with Gasteiger partial charge in [-0.2, -0.15) is 0 Å². The van der Waals surface area contributed by atoms with Gasteiger partial charge in [-0.25, -0.2) is 9.59 Å². The molecule has 0 heterocycles. The summed E-state index contributed by atoms with van der Waals surface area (Å²) in [6, 6.07) is 15.2. The summed E-state index contributed by atoms with van der Waals surface area (Å²) in [5, 5.41) is 12.0. The van der Waals surface area contributed by atoms with Crippen LogP contribution in [-0.2, 0) is 20.7 Å². The van der Waals surface area contributed by atoms with Crippen molar-refractivity contribution in [2.24, 2.45) is 5.73 Å². The fraction of sp³-hybridized carbons (Fsp3) is 0.320. The lowest BCUT2D eigenvalue weighted by atomic mass is 10.1. The van der Waals surface area contributed by atoms with Crippen LogP contribution in [0, 0.1) is 6.92 Å². The van der Waals surface area contributed by atoms with E-state index in [2.05, 4.69) is 17.4 Å². The maximum Gasteiger partial charge on any atom is 0.331 e. The lowest BCUT2D eigenvalue weighted by molar-refractivity contribution is -0.144. The van der Waals surface area contributed by atoms with Crippen LogP contribution in [-0.4, -0.2) is 48.2 Å². The van der Waals surface area contributed by atoms with Crippen molar-refractivity contribution in [3.63, 3.8) is 0 Å². The quantitative estimate of drug-likeness (QED) is 0.313. The number of carboxylic acids is 1. The molecule has 0 bridgehead atoms. The molecule has 2 rings (SSSR count). The van der Waals surface area contributed by atoms with Gasteiger partial charge in [-0.05, 0) is 44.4 Å². The number of nitrogens with two attached hydrogens (primary N) is 1. The van der Waals surface area contributed by atoms with E-state index in [4.69, 9.17) is 20.3 Å². The summed E-state index contributed by atoms with van der Waals surface area (Å²) in [6.45, 7) is 4.06. The summed E-state index contributed by atoms with van der Waals surface area (Å²) in [5.74, 6) is -2.14. The summed E-state index contributed by atoms with van der Waals surface area (Å²) in [7, 11) is 0. The van der Waals surface area contributed by atoms with Crippen molar-refractivity contribution in [2.75, 3.05) is 13.2 Å². The Kier molecular flexibility index (Phi) is 10.1. The fourth-order valence-corrected chi connectivity index (χ4v) is 3.16. The van der Waals surface area contributed by atoms with Gasteiger partial charge in [0.15, 0.2) is 0 Å². The molecule has 0 aliphatic rings. The molecule has 0 radical (unpaired) electrons. The van der Waals surface area contributed by atoms with E-state index in [1.54, 1.807) is 25.1 Å². The SMILES string of the molecule is Cc1c(OCC(CNC(C)CCc2ccccc2)OC(=O)C=CC(=O)O)cccc1C(N)=O. The van der Waals surface area contributed by atoms with Gasteiger partial charge in [0.1, 0.15) is 18.5 Å². The summed E-state index contributed by atoms with van der Waals surface area (Å²) >= 11 is 0. The second kappa shape index (κ2) is 13.0. The Morgan fingerprint density at radius 1 is 1.09 bits per heavy atom. The van der Waals surface area contributed by atoms with Crippen molar-refractivity contribution >= 4 is 17.8 Å². The van der Waals surface area contributed by atoms with E-state index in [0.29, 0.717) is 23.4 Å². The summed E-state index contributed by atoms with van der Waals surface area (Å²) in [6.07, 6.45) is 2.66. The van der Waals surface area contributed by atoms with E-state index in [-0.39, 0.29) is 12.6 Å². The highest BCUT2D eigenvalue weighted by Crippen LogP contribution is 2.21. The molecule has 33 heavy (non-hydrogen) atoms. The highest BCUT2D eigenvalue weighted by molar-refractivity contribution is 5.94. The number of hydrogen-bond acceptors (Lipinski definition) is 6. The lowest BCUT2D eigenvalue weighted by Crippen LogP contribution is -2.39. The maximum absolute atomic E-state index is 12.0. The number of benzene rings is 2. The van der Waals surface area contributed by atoms with Crippen LogP contribution in [0.3, 0.4) is 0 Å². The number of aliphatic carboxylic acids is 1. The standard InChI is InChI=1S/C25H30N2O6/c1-17(11-12-19-7-4-3-5-8-19)27-15-20(33-24(30)14-13-23(28)29)16-32-22-10-6-9-21(18(22)2)25(26)31/h3-10,13-14,17,20,27H,11-12,15-16H2,1-2H3,(H2,26,31)(H,28,29). The van der Waals surface area contributed by atoms with Gasteiger partial charge in [0.05, 0.1) is 0 Å². The van der Waals surface area contributed by atoms with Gasteiger partial charge in [0.2, 0.25) is 5.91 Å². The van der Waals surface area contributed by atoms with Crippen LogP contribution in [0.1, 0.15) is 34.8 Å². The summed E-state index contributed by atoms with van der Waals surface area (Å²) in [5.41, 5.74) is 7.56. The smallest absolute Gasteiger partial charge is 0.331 e. The van der Waals surface area contributed by atoms with Crippen LogP contribution >= 0.6 is 0 Å². The van der Waals surface area contributed by atoms with E-state index in [1.165, 1.54) is 5.56 Å². The highest BCUT2D eigenvalue weighted by atomic mass is 16.6. The predicted molar refractivity (Wildman–Crippen MR) is 124 cm³/mol. The monoisotopic (exact) mass is 454 g/mol. The number of amides is 1. The number of aryl methyl sites for hydroxylation is 1. The molecule has 2 atom stereocenters. The minimum atomic E-state index is -1.24. The minimum absolute atomic E-state index is 0.00805. The first-order valence-electron chi connectivity index (χ1n) is 10.7. The Bertz CT molecular complexity index is 974. The molecule has 0 saturated heterocycles. The molecular formula is C25H30N2O6. The van der Waals surface area contributed by atoms with E-state index in [1.807, 2.05) is 25.1 Å². The van der Waals surface area contributed by atoms with Crippen molar-refractivity contribution in [3.05, 3.63) is 77.4 Å². The lowest BCUT2D eigenvalue weighted by Gasteiger charge is -2.22. The van der Waals surface area contributed by atoms with Crippen molar-refractivity contribution in [1.29, 1.82) is 0 Å². The third-order valence-corrected chi connectivity index (χ3v) is 5.02. The molecule has 0 saturated carbocycles. The Labute approximate surface area is 193 Å². The van der Waals surface area contributed by atoms with Crippen LogP contribution in [0.5, 0.6) is 5.75 Å². The third-order valence-electron chi connectivity index (χ3n) is 5.02. The van der Waals surface area contributed by atoms with Gasteiger partial charge in [-0.3, -0.25) is 4.79 Å². The highest BCUT2D eigenvalue weighted by Gasteiger charge is 2.17. The number of nitrogens with one attached hydrogen (secondary N) is 1. The maximum atomic E-state index is 12.0. The Morgan fingerprint density at radius 3 is 2.48 bits per heavy atom. The van der Waals surface area contributed by atoms with Crippen molar-refractivity contribution in [3.8, 4) is 5.75 Å². The zero-order chi connectivity index (χ0) is 24.2. The molecule has 0 aliphatic heterocycles. The molecule has 2 aromatic rings. The third kappa shape index (κ3) is 9.16. The molecule has 4 N–H and O–H groups in total. The number of hydrogen-bond donors (Lipinski definition) is 3. The number of esters is 1. The number of ether oxygens (including phenoxy) is 2. The van der Waals surface area contributed by atoms with E-state index < -0.39 is 23.9 Å². The Hall–Kier alpha value is -3.65. The molecule has 1 amide bonds. The van der Waals surface area contributed by atoms with Crippen molar-refractivity contribution < 1.29 is 29.0 Å². The first-order valence-corrected chi connectivity index (χ1v) is 10.7. The van der Waals surface area contributed by atoms with Gasteiger partial charge < -0.3 is 25.6 Å². The number of carbonyl (C=O) groups excluding carboxylic acids is 2. The fourth-order valence-electron chi connectivity index (χ4n) is 3.16. The van der Waals surface area contributed by atoms with Gasteiger partial charge in [0.25, 0.3) is 0 Å². The zero-order valence-corrected chi connectivity index (χ0v) is 18.8. The Balaban J connectivity index is 1.98. The summed E-state index contributed by atoms with van der Waals surface area (Å²) < 4.78 is 11.2. The van der Waals surface area contributed by atoms with Crippen LogP contribution in [0.25, 0.3) is 0 Å². The van der Waals surface area contributed by atoms with Crippen LogP contribution < -0.4 is 15.8 Å². The average molecular weight is 455 g/mol. The molecule has 176 valence electrons.